The van der Waals surface area contributed by atoms with E-state index in [1.54, 1.807) is 0 Å². The van der Waals surface area contributed by atoms with Gasteiger partial charge in [-0.15, -0.1) is 0 Å². The number of urea groups is 1. The van der Waals surface area contributed by atoms with Gasteiger partial charge in [0.1, 0.15) is 0 Å². The first-order valence-electron chi connectivity index (χ1n) is 8.05. The molecule has 0 heterocycles. The second-order valence-electron chi connectivity index (χ2n) is 5.76. The van der Waals surface area contributed by atoms with Crippen molar-refractivity contribution in [2.24, 2.45) is 5.73 Å². The van der Waals surface area contributed by atoms with E-state index in [2.05, 4.69) is 39.8 Å². The summed E-state index contributed by atoms with van der Waals surface area (Å²) in [5.41, 5.74) is 7.42. The summed E-state index contributed by atoms with van der Waals surface area (Å²) in [4.78, 5) is 24.2. The maximum Gasteiger partial charge on any atom is 0.312 e. The van der Waals surface area contributed by atoms with Gasteiger partial charge < -0.3 is 21.3 Å². The zero-order valence-electron chi connectivity index (χ0n) is 14.1. The lowest BCUT2D eigenvalue weighted by atomic mass is 10.1. The fourth-order valence-corrected chi connectivity index (χ4v) is 2.19. The molecular weight excluding hydrogens is 292 g/mol. The van der Waals surface area contributed by atoms with Gasteiger partial charge in [0, 0.05) is 39.3 Å². The van der Waals surface area contributed by atoms with Gasteiger partial charge in [-0.05, 0) is 43.4 Å². The Labute approximate surface area is 138 Å². The van der Waals surface area contributed by atoms with E-state index in [-0.39, 0.29) is 5.91 Å². The second-order valence-corrected chi connectivity index (χ2v) is 5.76. The number of hydrogen-bond acceptors (Lipinski definition) is 3. The standard InChI is InChI=1S/C17H28N4O2/c1-21(2)15-10-8-14(9-11-15)6-5-13-19-16(22)7-3-4-12-20-17(18)23/h8-11H,3-7,12-13H2,1-2H3,(H,19,22)(H3,18,20,23). The Balaban J connectivity index is 2.07. The number of nitrogens with two attached hydrogens (primary N) is 1. The van der Waals surface area contributed by atoms with Crippen LogP contribution >= 0.6 is 0 Å². The molecule has 1 rings (SSSR count). The van der Waals surface area contributed by atoms with Crippen molar-refractivity contribution in [2.75, 3.05) is 32.1 Å². The summed E-state index contributed by atoms with van der Waals surface area (Å²) in [6, 6.07) is 7.95. The molecule has 4 N–H and O–H groups in total. The number of hydrogen-bond donors (Lipinski definition) is 3. The van der Waals surface area contributed by atoms with E-state index in [9.17, 15) is 9.59 Å². The number of aryl methyl sites for hydroxylation is 1. The Bertz CT molecular complexity index is 486. The number of carbonyl (C=O) groups is 2. The van der Waals surface area contributed by atoms with Gasteiger partial charge in [-0.25, -0.2) is 4.79 Å². The van der Waals surface area contributed by atoms with E-state index in [4.69, 9.17) is 5.73 Å². The summed E-state index contributed by atoms with van der Waals surface area (Å²) >= 11 is 0. The first-order chi connectivity index (χ1) is 11.0. The zero-order chi connectivity index (χ0) is 17.1. The van der Waals surface area contributed by atoms with Crippen LogP contribution in [0.2, 0.25) is 0 Å². The Kier molecular flexibility index (Phi) is 8.57. The highest BCUT2D eigenvalue weighted by Crippen LogP contribution is 2.13. The number of carbonyl (C=O) groups excluding carboxylic acids is 2. The lowest BCUT2D eigenvalue weighted by Crippen LogP contribution is -2.30. The number of unbranched alkanes of at least 4 members (excludes halogenated alkanes) is 1. The van der Waals surface area contributed by atoms with Crippen LogP contribution < -0.4 is 21.3 Å². The van der Waals surface area contributed by atoms with E-state index >= 15 is 0 Å². The zero-order valence-corrected chi connectivity index (χ0v) is 14.1. The summed E-state index contributed by atoms with van der Waals surface area (Å²) in [6.07, 6.45) is 3.87. The third kappa shape index (κ3) is 8.70. The predicted molar refractivity (Wildman–Crippen MR) is 93.5 cm³/mol. The molecule has 23 heavy (non-hydrogen) atoms. The highest BCUT2D eigenvalue weighted by atomic mass is 16.2. The first kappa shape index (κ1) is 18.8. The minimum absolute atomic E-state index is 0.0621. The van der Waals surface area contributed by atoms with E-state index in [0.29, 0.717) is 19.5 Å². The monoisotopic (exact) mass is 320 g/mol. The summed E-state index contributed by atoms with van der Waals surface area (Å²) < 4.78 is 0. The molecule has 0 atom stereocenters. The van der Waals surface area contributed by atoms with Crippen molar-refractivity contribution in [2.45, 2.75) is 32.1 Å². The maximum atomic E-state index is 11.6. The molecule has 1 aromatic carbocycles. The predicted octanol–water partition coefficient (Wildman–Crippen LogP) is 1.64. The molecule has 1 aromatic rings. The molecule has 6 nitrogen and oxygen atoms in total. The van der Waals surface area contributed by atoms with E-state index in [0.717, 1.165) is 25.7 Å². The minimum atomic E-state index is -0.520. The van der Waals surface area contributed by atoms with Crippen LogP contribution in [0.4, 0.5) is 10.5 Å². The van der Waals surface area contributed by atoms with Crippen LogP contribution in [0.25, 0.3) is 0 Å². The van der Waals surface area contributed by atoms with Gasteiger partial charge in [0.25, 0.3) is 0 Å². The van der Waals surface area contributed by atoms with Crippen molar-refractivity contribution in [3.05, 3.63) is 29.8 Å². The molecule has 6 heteroatoms. The van der Waals surface area contributed by atoms with Crippen LogP contribution in [0.15, 0.2) is 24.3 Å². The lowest BCUT2D eigenvalue weighted by Gasteiger charge is -2.12. The van der Waals surface area contributed by atoms with E-state index < -0.39 is 6.03 Å². The summed E-state index contributed by atoms with van der Waals surface area (Å²) in [7, 11) is 4.04. The Morgan fingerprint density at radius 2 is 1.65 bits per heavy atom. The average Bonchev–Trinajstić information content (AvgIpc) is 2.51. The van der Waals surface area contributed by atoms with Gasteiger partial charge in [0.2, 0.25) is 5.91 Å². The Hall–Kier alpha value is -2.24. The molecule has 0 aliphatic carbocycles. The molecule has 0 fully saturated rings. The fourth-order valence-electron chi connectivity index (χ4n) is 2.19. The third-order valence-corrected chi connectivity index (χ3v) is 3.55. The molecule has 0 unspecified atom stereocenters. The van der Waals surface area contributed by atoms with Crippen molar-refractivity contribution < 1.29 is 9.59 Å². The number of nitrogens with zero attached hydrogens (tertiary/aromatic N) is 1. The van der Waals surface area contributed by atoms with Crippen molar-refractivity contribution in [1.82, 2.24) is 10.6 Å². The quantitative estimate of drug-likeness (QED) is 0.573. The maximum absolute atomic E-state index is 11.6. The largest absolute Gasteiger partial charge is 0.378 e. The highest BCUT2D eigenvalue weighted by Gasteiger charge is 2.01. The van der Waals surface area contributed by atoms with Gasteiger partial charge >= 0.3 is 6.03 Å². The molecule has 0 aliphatic heterocycles. The number of benzene rings is 1. The summed E-state index contributed by atoms with van der Waals surface area (Å²) in [5, 5.41) is 5.43. The van der Waals surface area contributed by atoms with Crippen LogP contribution in [0.5, 0.6) is 0 Å². The number of nitrogens with one attached hydrogen (secondary N) is 2. The van der Waals surface area contributed by atoms with Crippen molar-refractivity contribution >= 4 is 17.6 Å². The third-order valence-electron chi connectivity index (χ3n) is 3.55. The van der Waals surface area contributed by atoms with Gasteiger partial charge in [-0.3, -0.25) is 4.79 Å². The molecule has 0 saturated heterocycles. The van der Waals surface area contributed by atoms with Gasteiger partial charge in [0.15, 0.2) is 0 Å². The van der Waals surface area contributed by atoms with Gasteiger partial charge in [0.05, 0.1) is 0 Å². The Morgan fingerprint density at radius 3 is 2.26 bits per heavy atom. The molecule has 3 amide bonds. The topological polar surface area (TPSA) is 87.5 Å². The van der Waals surface area contributed by atoms with Crippen LogP contribution in [-0.2, 0) is 11.2 Å². The van der Waals surface area contributed by atoms with Crippen molar-refractivity contribution in [3.8, 4) is 0 Å². The molecule has 0 saturated carbocycles. The normalized spacial score (nSPS) is 10.2. The molecule has 0 spiro atoms. The highest BCUT2D eigenvalue weighted by molar-refractivity contribution is 5.75. The minimum Gasteiger partial charge on any atom is -0.378 e. The number of primary amides is 1. The second kappa shape index (κ2) is 10.5. The lowest BCUT2D eigenvalue weighted by molar-refractivity contribution is -0.121. The molecule has 0 aromatic heterocycles. The van der Waals surface area contributed by atoms with Gasteiger partial charge in [-0.1, -0.05) is 12.1 Å². The molecule has 0 aliphatic rings. The fraction of sp³-hybridized carbons (Fsp3) is 0.529. The SMILES string of the molecule is CN(C)c1ccc(CCCNC(=O)CCCCNC(N)=O)cc1. The van der Waals surface area contributed by atoms with E-state index in [1.165, 1.54) is 11.3 Å². The molecule has 0 radical (unpaired) electrons. The van der Waals surface area contributed by atoms with Crippen molar-refractivity contribution in [1.29, 1.82) is 0 Å². The van der Waals surface area contributed by atoms with E-state index in [1.807, 2.05) is 14.1 Å². The molecule has 128 valence electrons. The van der Waals surface area contributed by atoms with Crippen LogP contribution in [0.3, 0.4) is 0 Å². The van der Waals surface area contributed by atoms with Gasteiger partial charge in [-0.2, -0.15) is 0 Å². The number of amides is 3. The van der Waals surface area contributed by atoms with Crippen LogP contribution in [0, 0.1) is 0 Å². The number of anilines is 1. The first-order valence-corrected chi connectivity index (χ1v) is 8.05. The number of rotatable bonds is 10. The smallest absolute Gasteiger partial charge is 0.312 e. The van der Waals surface area contributed by atoms with Crippen molar-refractivity contribution in [3.63, 3.8) is 0 Å². The Morgan fingerprint density at radius 1 is 1.00 bits per heavy atom. The van der Waals surface area contributed by atoms with Crippen LogP contribution in [-0.4, -0.2) is 39.1 Å². The summed E-state index contributed by atoms with van der Waals surface area (Å²) in [6.45, 7) is 1.21. The average molecular weight is 320 g/mol. The summed E-state index contributed by atoms with van der Waals surface area (Å²) in [5.74, 6) is 0.0621. The van der Waals surface area contributed by atoms with Crippen LogP contribution in [0.1, 0.15) is 31.2 Å². The molecular formula is C17H28N4O2. The molecule has 0 bridgehead atoms.